The Hall–Kier alpha value is -1.62. The molecule has 118 valence electrons. The van der Waals surface area contributed by atoms with E-state index in [9.17, 15) is 14.0 Å². The predicted octanol–water partition coefficient (Wildman–Crippen LogP) is 2.45. The number of amides is 2. The summed E-state index contributed by atoms with van der Waals surface area (Å²) in [6.07, 6.45) is 2.32. The molecular weight excluding hydrogens is 307 g/mol. The quantitative estimate of drug-likeness (QED) is 0.853. The fourth-order valence-electron chi connectivity index (χ4n) is 2.95. The molecular formula is C16H18ClFN2O2. The second-order valence-corrected chi connectivity index (χ2v) is 6.48. The number of hydrogen-bond acceptors (Lipinski definition) is 2. The molecule has 1 heterocycles. The number of hydrogen-bond donors (Lipinski definition) is 0. The van der Waals surface area contributed by atoms with Crippen molar-refractivity contribution < 1.29 is 14.0 Å². The number of benzene rings is 1. The Morgan fingerprint density at radius 1 is 1.45 bits per heavy atom. The molecule has 0 unspecified atom stereocenters. The number of rotatable bonds is 4. The summed E-state index contributed by atoms with van der Waals surface area (Å²) in [6, 6.07) is 4.79. The van der Waals surface area contributed by atoms with Crippen molar-refractivity contribution >= 4 is 23.4 Å². The lowest BCUT2D eigenvalue weighted by molar-refractivity contribution is -0.135. The number of halogens is 2. The van der Waals surface area contributed by atoms with E-state index in [0.717, 1.165) is 12.8 Å². The molecule has 6 heteroatoms. The van der Waals surface area contributed by atoms with Crippen molar-refractivity contribution in [1.82, 2.24) is 9.80 Å². The van der Waals surface area contributed by atoms with E-state index in [1.165, 1.54) is 17.0 Å². The lowest BCUT2D eigenvalue weighted by Gasteiger charge is -2.22. The molecule has 1 aliphatic carbocycles. The van der Waals surface area contributed by atoms with E-state index in [4.69, 9.17) is 11.6 Å². The highest BCUT2D eigenvalue weighted by molar-refractivity contribution is 6.31. The maximum absolute atomic E-state index is 13.8. The number of carbonyl (C=O) groups excluding carboxylic acids is 2. The van der Waals surface area contributed by atoms with Crippen LogP contribution in [0.25, 0.3) is 0 Å². The van der Waals surface area contributed by atoms with Crippen LogP contribution in [0.4, 0.5) is 4.39 Å². The molecule has 2 amide bonds. The molecule has 0 bridgehead atoms. The molecule has 0 radical (unpaired) electrons. The van der Waals surface area contributed by atoms with Gasteiger partial charge in [0.1, 0.15) is 5.82 Å². The Kier molecular flexibility index (Phi) is 4.08. The van der Waals surface area contributed by atoms with E-state index in [1.54, 1.807) is 13.1 Å². The average molecular weight is 325 g/mol. The predicted molar refractivity (Wildman–Crippen MR) is 80.7 cm³/mol. The van der Waals surface area contributed by atoms with Gasteiger partial charge in [-0.2, -0.15) is 0 Å². The standard InChI is InChI=1S/C16H18ClFN2O2/c1-19(9-12-13(17)3-2-4-14(12)18)16(22)10-7-15(21)20(8-10)11-5-6-11/h2-4,10-11H,5-9H2,1H3/t10-/m1/s1. The minimum atomic E-state index is -0.422. The van der Waals surface area contributed by atoms with Gasteiger partial charge in [0, 0.05) is 43.2 Å². The van der Waals surface area contributed by atoms with Crippen molar-refractivity contribution in [1.29, 1.82) is 0 Å². The Morgan fingerprint density at radius 2 is 2.18 bits per heavy atom. The third kappa shape index (κ3) is 2.95. The van der Waals surface area contributed by atoms with Crippen molar-refractivity contribution in [3.63, 3.8) is 0 Å². The van der Waals surface area contributed by atoms with Gasteiger partial charge in [-0.25, -0.2) is 4.39 Å². The zero-order valence-corrected chi connectivity index (χ0v) is 13.1. The van der Waals surface area contributed by atoms with Crippen LogP contribution in [-0.4, -0.2) is 41.2 Å². The van der Waals surface area contributed by atoms with E-state index in [0.29, 0.717) is 23.2 Å². The average Bonchev–Trinajstić information content (AvgIpc) is 3.25. The Labute approximate surface area is 133 Å². The molecule has 2 fully saturated rings. The highest BCUT2D eigenvalue weighted by Gasteiger charge is 2.42. The summed E-state index contributed by atoms with van der Waals surface area (Å²) in [4.78, 5) is 27.7. The van der Waals surface area contributed by atoms with Crippen molar-refractivity contribution in [2.45, 2.75) is 31.8 Å². The van der Waals surface area contributed by atoms with E-state index in [2.05, 4.69) is 0 Å². The monoisotopic (exact) mass is 324 g/mol. The van der Waals surface area contributed by atoms with Gasteiger partial charge in [-0.3, -0.25) is 9.59 Å². The van der Waals surface area contributed by atoms with Crippen LogP contribution in [0, 0.1) is 11.7 Å². The molecule has 1 aliphatic heterocycles. The van der Waals surface area contributed by atoms with Gasteiger partial charge in [-0.1, -0.05) is 17.7 Å². The molecule has 1 saturated carbocycles. The number of carbonyl (C=O) groups is 2. The third-order valence-electron chi connectivity index (χ3n) is 4.33. The Bertz CT molecular complexity index is 598. The van der Waals surface area contributed by atoms with Crippen LogP contribution < -0.4 is 0 Å². The first-order chi connectivity index (χ1) is 10.5. The van der Waals surface area contributed by atoms with E-state index in [-0.39, 0.29) is 30.7 Å². The molecule has 0 spiro atoms. The third-order valence-corrected chi connectivity index (χ3v) is 4.68. The maximum atomic E-state index is 13.8. The molecule has 22 heavy (non-hydrogen) atoms. The first-order valence-corrected chi connectivity index (χ1v) is 7.82. The van der Waals surface area contributed by atoms with Gasteiger partial charge in [0.15, 0.2) is 0 Å². The Balaban J connectivity index is 1.66. The fraction of sp³-hybridized carbons (Fsp3) is 0.500. The molecule has 2 aliphatic rings. The van der Waals surface area contributed by atoms with E-state index >= 15 is 0 Å². The lowest BCUT2D eigenvalue weighted by atomic mass is 10.1. The largest absolute Gasteiger partial charge is 0.341 e. The van der Waals surface area contributed by atoms with Gasteiger partial charge < -0.3 is 9.80 Å². The Morgan fingerprint density at radius 3 is 2.82 bits per heavy atom. The SMILES string of the molecule is CN(Cc1c(F)cccc1Cl)C(=O)[C@@H]1CC(=O)N(C2CC2)C1. The summed E-state index contributed by atoms with van der Waals surface area (Å²) in [5.41, 5.74) is 0.309. The lowest BCUT2D eigenvalue weighted by Crippen LogP contribution is -2.35. The van der Waals surface area contributed by atoms with Crippen molar-refractivity contribution in [3.8, 4) is 0 Å². The van der Waals surface area contributed by atoms with Crippen LogP contribution in [0.15, 0.2) is 18.2 Å². The highest BCUT2D eigenvalue weighted by Crippen LogP contribution is 2.33. The van der Waals surface area contributed by atoms with Gasteiger partial charge >= 0.3 is 0 Å². The molecule has 1 saturated heterocycles. The van der Waals surface area contributed by atoms with Crippen LogP contribution >= 0.6 is 11.6 Å². The highest BCUT2D eigenvalue weighted by atomic mass is 35.5. The number of likely N-dealkylation sites (tertiary alicyclic amines) is 1. The second-order valence-electron chi connectivity index (χ2n) is 6.07. The second kappa shape index (κ2) is 5.88. The zero-order valence-electron chi connectivity index (χ0n) is 12.4. The van der Waals surface area contributed by atoms with Crippen LogP contribution in [0.5, 0.6) is 0 Å². The van der Waals surface area contributed by atoms with Crippen LogP contribution in [0.1, 0.15) is 24.8 Å². The molecule has 0 aromatic heterocycles. The molecule has 1 atom stereocenters. The summed E-state index contributed by atoms with van der Waals surface area (Å²) in [7, 11) is 1.62. The molecule has 0 N–H and O–H groups in total. The summed E-state index contributed by atoms with van der Waals surface area (Å²) >= 11 is 5.99. The zero-order chi connectivity index (χ0) is 15.9. The first kappa shape index (κ1) is 15.3. The topological polar surface area (TPSA) is 40.6 Å². The molecule has 1 aromatic carbocycles. The summed E-state index contributed by atoms with van der Waals surface area (Å²) in [5.74, 6) is -0.827. The van der Waals surface area contributed by atoms with Crippen molar-refractivity contribution in [2.75, 3.05) is 13.6 Å². The number of nitrogens with zero attached hydrogens (tertiary/aromatic N) is 2. The molecule has 3 rings (SSSR count). The van der Waals surface area contributed by atoms with Gasteiger partial charge in [-0.15, -0.1) is 0 Å². The minimum absolute atomic E-state index is 0.0539. The summed E-state index contributed by atoms with van der Waals surface area (Å²) in [5, 5.41) is 0.307. The van der Waals surface area contributed by atoms with Gasteiger partial charge in [-0.05, 0) is 25.0 Å². The van der Waals surface area contributed by atoms with Gasteiger partial charge in [0.25, 0.3) is 0 Å². The smallest absolute Gasteiger partial charge is 0.228 e. The van der Waals surface area contributed by atoms with Gasteiger partial charge in [0.2, 0.25) is 11.8 Å². The van der Waals surface area contributed by atoms with Crippen molar-refractivity contribution in [2.24, 2.45) is 5.92 Å². The molecule has 1 aromatic rings. The van der Waals surface area contributed by atoms with E-state index < -0.39 is 5.82 Å². The maximum Gasteiger partial charge on any atom is 0.228 e. The fourth-order valence-corrected chi connectivity index (χ4v) is 3.17. The van der Waals surface area contributed by atoms with Gasteiger partial charge in [0.05, 0.1) is 5.92 Å². The summed E-state index contributed by atoms with van der Waals surface area (Å²) < 4.78 is 13.8. The first-order valence-electron chi connectivity index (χ1n) is 7.44. The van der Waals surface area contributed by atoms with Crippen LogP contribution in [-0.2, 0) is 16.1 Å². The minimum Gasteiger partial charge on any atom is -0.341 e. The van der Waals surface area contributed by atoms with Crippen LogP contribution in [0.3, 0.4) is 0 Å². The summed E-state index contributed by atoms with van der Waals surface area (Å²) in [6.45, 7) is 0.593. The normalized spacial score (nSPS) is 21.3. The van der Waals surface area contributed by atoms with E-state index in [1.807, 2.05) is 4.90 Å². The van der Waals surface area contributed by atoms with Crippen molar-refractivity contribution in [3.05, 3.63) is 34.6 Å². The van der Waals surface area contributed by atoms with Crippen LogP contribution in [0.2, 0.25) is 5.02 Å². The molecule has 4 nitrogen and oxygen atoms in total.